The second-order valence-electron chi connectivity index (χ2n) is 3.06. The number of hydrogen-bond donors (Lipinski definition) is 2. The first-order valence-electron chi connectivity index (χ1n) is 4.88. The van der Waals surface area contributed by atoms with Crippen LogP contribution >= 0.6 is 11.8 Å². The molecule has 1 rings (SSSR count). The first-order valence-corrected chi connectivity index (χ1v) is 5.86. The lowest BCUT2D eigenvalue weighted by Gasteiger charge is -2.02. The van der Waals surface area contributed by atoms with Gasteiger partial charge in [0, 0.05) is 6.54 Å². The lowest BCUT2D eigenvalue weighted by Crippen LogP contribution is -2.26. The Balaban J connectivity index is 2.39. The molecular weight excluding hydrogens is 260 g/mol. The molecule has 1 heterocycles. The van der Waals surface area contributed by atoms with E-state index in [4.69, 9.17) is 10.4 Å². The number of hydrogen-bond acceptors (Lipinski definition) is 7. The van der Waals surface area contributed by atoms with Gasteiger partial charge in [0.1, 0.15) is 6.54 Å². The summed E-state index contributed by atoms with van der Waals surface area (Å²) in [5.74, 6) is -1.27. The molecule has 0 aliphatic rings. The van der Waals surface area contributed by atoms with Crippen molar-refractivity contribution >= 4 is 23.6 Å². The molecule has 0 fully saturated rings. The zero-order valence-corrected chi connectivity index (χ0v) is 10.1. The minimum absolute atomic E-state index is 0.0609. The van der Waals surface area contributed by atoms with Crippen molar-refractivity contribution in [2.24, 2.45) is 0 Å². The zero-order valence-electron chi connectivity index (χ0n) is 9.24. The number of nitriles is 1. The summed E-state index contributed by atoms with van der Waals surface area (Å²) in [4.78, 5) is 21.8. The van der Waals surface area contributed by atoms with Crippen LogP contribution in [0.1, 0.15) is 6.42 Å². The molecular formula is C8H10N6O3S. The third kappa shape index (κ3) is 4.79. The van der Waals surface area contributed by atoms with Crippen LogP contribution in [0.15, 0.2) is 5.16 Å². The van der Waals surface area contributed by atoms with Crippen molar-refractivity contribution in [3.8, 4) is 6.07 Å². The Morgan fingerprint density at radius 3 is 3.00 bits per heavy atom. The van der Waals surface area contributed by atoms with E-state index in [1.807, 2.05) is 6.07 Å². The number of nitrogens with zero attached hydrogens (tertiary/aromatic N) is 5. The van der Waals surface area contributed by atoms with Crippen molar-refractivity contribution in [2.45, 2.75) is 18.1 Å². The highest BCUT2D eigenvalue weighted by Crippen LogP contribution is 2.12. The maximum absolute atomic E-state index is 11.3. The van der Waals surface area contributed by atoms with Crippen LogP contribution < -0.4 is 5.32 Å². The molecule has 0 radical (unpaired) electrons. The lowest BCUT2D eigenvalue weighted by atomic mass is 10.4. The van der Waals surface area contributed by atoms with E-state index < -0.39 is 5.97 Å². The van der Waals surface area contributed by atoms with Crippen LogP contribution in [-0.2, 0) is 16.1 Å². The molecule has 1 amide bonds. The second-order valence-corrected chi connectivity index (χ2v) is 4.00. The van der Waals surface area contributed by atoms with Crippen LogP contribution in [0.3, 0.4) is 0 Å². The van der Waals surface area contributed by atoms with Crippen molar-refractivity contribution in [3.63, 3.8) is 0 Å². The van der Waals surface area contributed by atoms with Gasteiger partial charge in [0.2, 0.25) is 11.1 Å². The van der Waals surface area contributed by atoms with Gasteiger partial charge in [0.15, 0.2) is 0 Å². The monoisotopic (exact) mass is 270 g/mol. The van der Waals surface area contributed by atoms with Gasteiger partial charge in [-0.3, -0.25) is 9.59 Å². The fraction of sp³-hybridized carbons (Fsp3) is 0.500. The highest BCUT2D eigenvalue weighted by molar-refractivity contribution is 7.99. The molecule has 96 valence electrons. The summed E-state index contributed by atoms with van der Waals surface area (Å²) in [6, 6.07) is 1.90. The highest BCUT2D eigenvalue weighted by Gasteiger charge is 2.11. The van der Waals surface area contributed by atoms with Crippen LogP contribution in [-0.4, -0.2) is 49.5 Å². The molecule has 1 aromatic heterocycles. The van der Waals surface area contributed by atoms with E-state index in [9.17, 15) is 9.59 Å². The Morgan fingerprint density at radius 2 is 2.33 bits per heavy atom. The predicted octanol–water partition coefficient (Wildman–Crippen LogP) is -1.12. The quantitative estimate of drug-likeness (QED) is 0.470. The van der Waals surface area contributed by atoms with Gasteiger partial charge in [0.25, 0.3) is 0 Å². The largest absolute Gasteiger partial charge is 0.480 e. The Bertz CT molecular complexity index is 468. The average Bonchev–Trinajstić information content (AvgIpc) is 2.73. The molecule has 1 aromatic rings. The van der Waals surface area contributed by atoms with Gasteiger partial charge >= 0.3 is 5.97 Å². The molecule has 0 unspecified atom stereocenters. The van der Waals surface area contributed by atoms with Gasteiger partial charge in [-0.25, -0.2) is 4.68 Å². The van der Waals surface area contributed by atoms with Gasteiger partial charge in [0.05, 0.1) is 18.2 Å². The van der Waals surface area contributed by atoms with Gasteiger partial charge in [-0.15, -0.1) is 5.10 Å². The zero-order chi connectivity index (χ0) is 13.4. The average molecular weight is 270 g/mol. The van der Waals surface area contributed by atoms with Gasteiger partial charge in [-0.05, 0) is 10.4 Å². The normalized spacial score (nSPS) is 9.72. The lowest BCUT2D eigenvalue weighted by molar-refractivity contribution is -0.138. The number of aliphatic carboxylic acids is 1. The van der Waals surface area contributed by atoms with Crippen molar-refractivity contribution in [1.82, 2.24) is 25.5 Å². The van der Waals surface area contributed by atoms with Gasteiger partial charge in [-0.2, -0.15) is 5.26 Å². The van der Waals surface area contributed by atoms with Crippen LogP contribution in [0.2, 0.25) is 0 Å². The predicted molar refractivity (Wildman–Crippen MR) is 59.4 cm³/mol. The van der Waals surface area contributed by atoms with Gasteiger partial charge in [-0.1, -0.05) is 11.8 Å². The fourth-order valence-corrected chi connectivity index (χ4v) is 1.67. The minimum Gasteiger partial charge on any atom is -0.480 e. The molecule has 18 heavy (non-hydrogen) atoms. The van der Waals surface area contributed by atoms with E-state index in [0.29, 0.717) is 0 Å². The number of thioether (sulfide) groups is 1. The number of carbonyl (C=O) groups excluding carboxylic acids is 1. The Hall–Kier alpha value is -2.15. The first-order chi connectivity index (χ1) is 8.63. The third-order valence-corrected chi connectivity index (χ3v) is 2.63. The summed E-state index contributed by atoms with van der Waals surface area (Å²) in [7, 11) is 0. The maximum atomic E-state index is 11.3. The summed E-state index contributed by atoms with van der Waals surface area (Å²) in [5, 5.41) is 30.1. The van der Waals surface area contributed by atoms with Gasteiger partial charge < -0.3 is 10.4 Å². The summed E-state index contributed by atoms with van der Waals surface area (Å²) in [6.07, 6.45) is 0.243. The van der Waals surface area contributed by atoms with Crippen molar-refractivity contribution in [2.75, 3.05) is 12.3 Å². The molecule has 0 bridgehead atoms. The third-order valence-electron chi connectivity index (χ3n) is 1.68. The molecule has 0 atom stereocenters. The van der Waals surface area contributed by atoms with E-state index in [1.165, 1.54) is 0 Å². The topological polar surface area (TPSA) is 134 Å². The number of nitrogens with one attached hydrogen (secondary N) is 1. The standard InChI is InChI=1S/C8H10N6O3S/c9-2-1-3-10-6(15)5-18-8-11-12-13-14(8)4-7(16)17/h1,3-5H2,(H,10,15)(H,16,17). The number of carboxylic acid groups (broad SMARTS) is 1. The summed E-state index contributed by atoms with van der Waals surface area (Å²) >= 11 is 1.03. The molecule has 0 aliphatic heterocycles. The maximum Gasteiger partial charge on any atom is 0.325 e. The van der Waals surface area contributed by atoms with Crippen LogP contribution in [0.5, 0.6) is 0 Å². The SMILES string of the molecule is N#CCCNC(=O)CSc1nnnn1CC(=O)O. The molecule has 10 heteroatoms. The fourth-order valence-electron chi connectivity index (χ4n) is 0.966. The Kier molecular flexibility index (Phi) is 5.59. The number of carbonyl (C=O) groups is 2. The molecule has 0 aliphatic carbocycles. The smallest absolute Gasteiger partial charge is 0.325 e. The van der Waals surface area contributed by atoms with Crippen LogP contribution in [0.4, 0.5) is 0 Å². The van der Waals surface area contributed by atoms with E-state index >= 15 is 0 Å². The van der Waals surface area contributed by atoms with Crippen LogP contribution in [0.25, 0.3) is 0 Å². The van der Waals surface area contributed by atoms with E-state index in [0.717, 1.165) is 16.4 Å². The van der Waals surface area contributed by atoms with Crippen molar-refractivity contribution < 1.29 is 14.7 Å². The number of aromatic nitrogens is 4. The number of carboxylic acids is 1. The molecule has 0 aromatic carbocycles. The summed E-state index contributed by atoms with van der Waals surface area (Å²) in [5.41, 5.74) is 0. The van der Waals surface area contributed by atoms with E-state index in [1.54, 1.807) is 0 Å². The molecule has 0 spiro atoms. The molecule has 9 nitrogen and oxygen atoms in total. The number of amides is 1. The number of rotatable bonds is 7. The van der Waals surface area contributed by atoms with Crippen molar-refractivity contribution in [3.05, 3.63) is 0 Å². The number of tetrazole rings is 1. The van der Waals surface area contributed by atoms with E-state index in [-0.39, 0.29) is 36.3 Å². The molecule has 2 N–H and O–H groups in total. The second kappa shape index (κ2) is 7.23. The highest BCUT2D eigenvalue weighted by atomic mass is 32.2. The first kappa shape index (κ1) is 13.9. The Morgan fingerprint density at radius 1 is 1.56 bits per heavy atom. The molecule has 0 saturated heterocycles. The van der Waals surface area contributed by atoms with Crippen LogP contribution in [0, 0.1) is 11.3 Å². The summed E-state index contributed by atoms with van der Waals surface area (Å²) in [6.45, 7) is -0.0681. The summed E-state index contributed by atoms with van der Waals surface area (Å²) < 4.78 is 1.09. The Labute approximate surface area is 106 Å². The molecule has 0 saturated carbocycles. The minimum atomic E-state index is -1.07. The van der Waals surface area contributed by atoms with Crippen molar-refractivity contribution in [1.29, 1.82) is 5.26 Å². The van der Waals surface area contributed by atoms with E-state index in [2.05, 4.69) is 20.8 Å².